The van der Waals surface area contributed by atoms with E-state index in [4.69, 9.17) is 65.2 Å². The van der Waals surface area contributed by atoms with E-state index in [0.717, 1.165) is 39.4 Å². The number of halogens is 3. The first kappa shape index (κ1) is 79.7. The molecule has 6 aliphatic rings. The van der Waals surface area contributed by atoms with Crippen LogP contribution < -0.4 is 32.3 Å². The second kappa shape index (κ2) is 41.3. The largest absolute Gasteiger partial charge is 0.477 e. The van der Waals surface area contributed by atoms with Crippen LogP contribution in [-0.4, -0.2) is 252 Å². The van der Waals surface area contributed by atoms with Gasteiger partial charge < -0.3 is 85.3 Å². The second-order valence-corrected chi connectivity index (χ2v) is 23.6. The molecule has 95 heavy (non-hydrogen) atoms. The number of likely N-dealkylation sites (tertiary alicyclic amines) is 1. The zero-order chi connectivity index (χ0) is 70.3. The molecule has 10 heterocycles. The van der Waals surface area contributed by atoms with E-state index in [2.05, 4.69) is 70.0 Å². The van der Waals surface area contributed by atoms with E-state index in [-0.39, 0.29) is 92.1 Å². The van der Waals surface area contributed by atoms with Crippen molar-refractivity contribution in [3.63, 3.8) is 0 Å². The topological polar surface area (TPSA) is 409 Å². The maximum absolute atomic E-state index is 12.1. The Morgan fingerprint density at radius 2 is 0.926 bits per heavy atom. The summed E-state index contributed by atoms with van der Waals surface area (Å²) in [5.74, 6) is 0.107. The van der Waals surface area contributed by atoms with Crippen LogP contribution >= 0.6 is 34.8 Å². The minimum atomic E-state index is -1.09. The number of ether oxygens (including phenoxy) is 7. The number of carboxylic acids is 1. The maximum atomic E-state index is 12.1. The molecule has 6 saturated heterocycles. The third kappa shape index (κ3) is 27.9. The number of carbonyl (C=O) groups excluding carboxylic acids is 6. The number of hydrogen-bond acceptors (Lipinski definition) is 28. The van der Waals surface area contributed by atoms with Crippen molar-refractivity contribution in [1.29, 1.82) is 0 Å². The van der Waals surface area contributed by atoms with E-state index < -0.39 is 23.9 Å². The van der Waals surface area contributed by atoms with Crippen molar-refractivity contribution in [2.75, 3.05) is 153 Å². The minimum absolute atomic E-state index is 0.00522. The van der Waals surface area contributed by atoms with Crippen LogP contribution in [0, 0.1) is 17.8 Å². The Hall–Kier alpha value is -7.72. The van der Waals surface area contributed by atoms with E-state index in [1.807, 2.05) is 75.0 Å². The van der Waals surface area contributed by atoms with Gasteiger partial charge >= 0.3 is 23.9 Å². The van der Waals surface area contributed by atoms with Crippen molar-refractivity contribution < 1.29 is 71.8 Å². The Labute approximate surface area is 567 Å². The molecule has 0 saturated carbocycles. The fourth-order valence-corrected chi connectivity index (χ4v) is 9.11. The van der Waals surface area contributed by atoms with Gasteiger partial charge in [-0.25, -0.2) is 49.1 Å². The molecule has 0 bridgehead atoms. The van der Waals surface area contributed by atoms with Crippen molar-refractivity contribution in [3.05, 3.63) is 62.8 Å². The first-order valence-corrected chi connectivity index (χ1v) is 32.1. The Morgan fingerprint density at radius 1 is 0.537 bits per heavy atom. The monoisotopic (exact) mass is 1390 g/mol. The zero-order valence-electron chi connectivity index (χ0n) is 55.6. The lowest BCUT2D eigenvalue weighted by atomic mass is 10.1. The summed E-state index contributed by atoms with van der Waals surface area (Å²) < 4.78 is 33.3. The molecule has 0 aliphatic carbocycles. The molecule has 6 fully saturated rings. The molecule has 526 valence electrons. The highest BCUT2D eigenvalue weighted by Crippen LogP contribution is 2.21. The van der Waals surface area contributed by atoms with Crippen LogP contribution in [-0.2, 0) is 47.5 Å². The molecule has 10 rings (SSSR count). The van der Waals surface area contributed by atoms with E-state index >= 15 is 0 Å². The Balaban J connectivity index is 0.000000246. The SMILES string of the molecule is CC(C)C(=O)N1CCCCC1.CC(C)C(=O)N1CCN(c2nc(NC3COC3)cc(C(=O)O)n2)CC1.CCN(CC)C(=O)C(C)C.COC(=O)c1cc(Cl)nc(Cl)n1.COC(=O)c1cc(NC2COC2)nc(Cl)n1.COC(=O)c1cc(NC2COC2)nc(N)n1.NC1COC1. The summed E-state index contributed by atoms with van der Waals surface area (Å²) in [4.78, 5) is 118. The molecule has 4 aromatic heterocycles. The lowest BCUT2D eigenvalue weighted by Crippen LogP contribution is -2.50. The molecule has 0 atom stereocenters. The lowest BCUT2D eigenvalue weighted by Gasteiger charge is -2.36. The average molecular weight is 1400 g/mol. The molecule has 8 N–H and O–H groups in total. The predicted molar refractivity (Wildman–Crippen MR) is 354 cm³/mol. The smallest absolute Gasteiger partial charge is 0.356 e. The number of aromatic nitrogens is 8. The number of methoxy groups -OCH3 is 3. The highest BCUT2D eigenvalue weighted by atomic mass is 35.5. The van der Waals surface area contributed by atoms with Crippen molar-refractivity contribution in [2.45, 2.75) is 98.8 Å². The van der Waals surface area contributed by atoms with Crippen molar-refractivity contribution in [1.82, 2.24) is 54.6 Å². The first-order chi connectivity index (χ1) is 45.2. The first-order valence-electron chi connectivity index (χ1n) is 30.9. The fourth-order valence-electron chi connectivity index (χ4n) is 8.52. The van der Waals surface area contributed by atoms with Gasteiger partial charge in [0.15, 0.2) is 22.8 Å². The van der Waals surface area contributed by atoms with Crippen molar-refractivity contribution in [2.24, 2.45) is 23.5 Å². The molecular formula is C60H90Cl3N17O15. The lowest BCUT2D eigenvalue weighted by molar-refractivity contribution is -0.135. The summed E-state index contributed by atoms with van der Waals surface area (Å²) in [5, 5.41) is 18.6. The number of nitrogens with one attached hydrogen (secondary N) is 3. The third-order valence-corrected chi connectivity index (χ3v) is 14.5. The van der Waals surface area contributed by atoms with E-state index in [1.54, 1.807) is 0 Å². The zero-order valence-corrected chi connectivity index (χ0v) is 57.9. The average Bonchev–Trinajstić information content (AvgIpc) is 0.845. The number of nitrogens with two attached hydrogens (primary N) is 2. The summed E-state index contributed by atoms with van der Waals surface area (Å²) in [7, 11) is 3.81. The van der Waals surface area contributed by atoms with E-state index in [0.29, 0.717) is 101 Å². The quantitative estimate of drug-likeness (QED) is 0.0381. The van der Waals surface area contributed by atoms with Crippen molar-refractivity contribution in [3.8, 4) is 0 Å². The molecule has 32 nitrogen and oxygen atoms in total. The summed E-state index contributed by atoms with van der Waals surface area (Å²) in [6.07, 6.45) is 3.68. The molecule has 6 aliphatic heterocycles. The van der Waals surface area contributed by atoms with E-state index in [1.165, 1.54) is 64.9 Å². The van der Waals surface area contributed by atoms with Gasteiger partial charge in [-0.1, -0.05) is 53.1 Å². The Bertz CT molecular complexity index is 3010. The van der Waals surface area contributed by atoms with Crippen LogP contribution in [0.2, 0.25) is 15.7 Å². The highest BCUT2D eigenvalue weighted by molar-refractivity contribution is 6.32. The molecule has 35 heteroatoms. The number of esters is 3. The van der Waals surface area contributed by atoms with Gasteiger partial charge in [0.2, 0.25) is 40.2 Å². The van der Waals surface area contributed by atoms with Gasteiger partial charge in [0.05, 0.1) is 98.4 Å². The molecule has 0 aromatic carbocycles. The number of carbonyl (C=O) groups is 7. The highest BCUT2D eigenvalue weighted by Gasteiger charge is 2.28. The summed E-state index contributed by atoms with van der Waals surface area (Å²) in [6.45, 7) is 26.7. The number of nitrogens with zero attached hydrogens (tertiary/aromatic N) is 12. The van der Waals surface area contributed by atoms with Crippen LogP contribution in [0.1, 0.15) is 117 Å². The van der Waals surface area contributed by atoms with Crippen LogP contribution in [0.3, 0.4) is 0 Å². The Kier molecular flexibility index (Phi) is 34.6. The third-order valence-electron chi connectivity index (χ3n) is 14.0. The van der Waals surface area contributed by atoms with Gasteiger partial charge in [-0.05, 0) is 56.3 Å². The van der Waals surface area contributed by atoms with Crippen LogP contribution in [0.4, 0.5) is 29.4 Å². The number of nitrogen functional groups attached to an aromatic ring is 1. The fraction of sp³-hybridized carbons (Fsp3) is 0.617. The number of carboxylic acid groups (broad SMARTS) is 1. The van der Waals surface area contributed by atoms with Gasteiger partial charge in [0.1, 0.15) is 22.6 Å². The van der Waals surface area contributed by atoms with Gasteiger partial charge in [0.25, 0.3) is 0 Å². The summed E-state index contributed by atoms with van der Waals surface area (Å²) >= 11 is 16.6. The van der Waals surface area contributed by atoms with Crippen LogP contribution in [0.15, 0.2) is 24.3 Å². The number of rotatable bonds is 16. The van der Waals surface area contributed by atoms with Crippen LogP contribution in [0.5, 0.6) is 0 Å². The molecular weight excluding hydrogens is 1310 g/mol. The summed E-state index contributed by atoms with van der Waals surface area (Å²) in [6, 6.07) is 6.61. The van der Waals surface area contributed by atoms with Gasteiger partial charge in [-0.15, -0.1) is 0 Å². The minimum Gasteiger partial charge on any atom is -0.477 e. The number of piperidine rings is 1. The standard InChI is InChI=1S/C16H23N5O4.C9H10ClN3O3.C9H12N4O3.C9H17NO.C8H17NO.C6H4Cl2N2O2.C3H7NO/c1-10(2)14(22)20-3-5-21(6-4-20)16-18-12(15(23)24)7-13(19-16)17-11-8-25-9-11;2*1-15-8(14)6-2-7(13-9(10)12-6)11-5-3-16-4-5;1-8(2)9(11)10-6-4-3-5-7-10;1-5-9(6-2)8(10)7(3)4;1-12-5(11)3-2-4(7)10-6(8)9-3;4-3-1-5-2-3/h7,10-11H,3-6,8-9H2,1-2H3,(H,23,24)(H,17,18,19);2,5H,3-4H2,1H3,(H,11,12,13);2,5H,3-4H2,1H3,(H3,10,11,12,13);8H,3-7H2,1-2H3;7H,5-6H2,1-4H3;2H,1H3;3H,1-2,4H2. The molecule has 4 aromatic rings. The normalized spacial score (nSPS) is 15.8. The maximum Gasteiger partial charge on any atom is 0.356 e. The van der Waals surface area contributed by atoms with Gasteiger partial charge in [-0.2, -0.15) is 9.97 Å². The second-order valence-electron chi connectivity index (χ2n) is 22.6. The number of piperazine rings is 1. The van der Waals surface area contributed by atoms with Crippen molar-refractivity contribution >= 4 is 106 Å². The molecule has 3 amide bonds. The van der Waals surface area contributed by atoms with Gasteiger partial charge in [0, 0.05) is 94.4 Å². The molecule has 0 unspecified atom stereocenters. The molecule has 0 spiro atoms. The number of amides is 3. The van der Waals surface area contributed by atoms with Gasteiger partial charge in [-0.3, -0.25) is 14.4 Å². The Morgan fingerprint density at radius 3 is 1.28 bits per heavy atom. The van der Waals surface area contributed by atoms with E-state index in [9.17, 15) is 38.7 Å². The number of aromatic carboxylic acids is 1. The predicted octanol–water partition coefficient (Wildman–Crippen LogP) is 4.75. The molecule has 0 radical (unpaired) electrons. The summed E-state index contributed by atoms with van der Waals surface area (Å²) in [5.41, 5.74) is 11.0. The van der Waals surface area contributed by atoms with Crippen LogP contribution in [0.25, 0.3) is 0 Å². The number of hydrogen-bond donors (Lipinski definition) is 6. The number of anilines is 5.